The van der Waals surface area contributed by atoms with Gasteiger partial charge in [0, 0.05) is 23.3 Å². The van der Waals surface area contributed by atoms with Crippen molar-refractivity contribution in [3.63, 3.8) is 0 Å². The van der Waals surface area contributed by atoms with Crippen molar-refractivity contribution in [1.82, 2.24) is 0 Å². The van der Waals surface area contributed by atoms with E-state index in [1.165, 1.54) is 6.07 Å². The Balaban J connectivity index is 0.000000948. The number of hydrogen-bond acceptors (Lipinski definition) is 1. The van der Waals surface area contributed by atoms with E-state index in [9.17, 15) is 18.0 Å². The summed E-state index contributed by atoms with van der Waals surface area (Å²) >= 11 is 0. The van der Waals surface area contributed by atoms with Gasteiger partial charge in [0.1, 0.15) is 0 Å². The molecule has 1 aliphatic rings. The third-order valence-electron chi connectivity index (χ3n) is 4.60. The Hall–Kier alpha value is -2.82. The van der Waals surface area contributed by atoms with E-state index in [0.29, 0.717) is 12.7 Å². The van der Waals surface area contributed by atoms with Crippen LogP contribution in [0.25, 0.3) is 10.8 Å². The minimum absolute atomic E-state index is 0.00342. The van der Waals surface area contributed by atoms with Crippen LogP contribution in [0.5, 0.6) is 0 Å². The van der Waals surface area contributed by atoms with Crippen LogP contribution in [0.15, 0.2) is 60.7 Å². The fourth-order valence-electron chi connectivity index (χ4n) is 3.51. The first kappa shape index (κ1) is 18.0. The van der Waals surface area contributed by atoms with Crippen molar-refractivity contribution in [2.45, 2.75) is 18.8 Å². The zero-order chi connectivity index (χ0) is 18.7. The van der Waals surface area contributed by atoms with Gasteiger partial charge in [-0.25, -0.2) is 8.78 Å². The van der Waals surface area contributed by atoms with Crippen molar-refractivity contribution >= 4 is 22.4 Å². The highest BCUT2D eigenvalue weighted by atomic mass is 19.3. The summed E-state index contributed by atoms with van der Waals surface area (Å²) in [4.78, 5) is 12.2. The summed E-state index contributed by atoms with van der Waals surface area (Å²) in [5, 5.41) is 4.87. The summed E-state index contributed by atoms with van der Waals surface area (Å²) in [6.07, 6.45) is -2.38. The number of amides is 1. The first-order valence-corrected chi connectivity index (χ1v) is 8.21. The Bertz CT molecular complexity index is 939. The molecule has 0 aliphatic carbocycles. The average molecular weight is 357 g/mol. The summed E-state index contributed by atoms with van der Waals surface area (Å²) in [5.41, 5.74) is 2.15. The smallest absolute Gasteiger partial charge is 0.264 e. The van der Waals surface area contributed by atoms with Crippen LogP contribution in [-0.2, 0) is 4.79 Å². The molecule has 3 aromatic rings. The molecule has 2 nitrogen and oxygen atoms in total. The molecule has 1 atom stereocenters. The summed E-state index contributed by atoms with van der Waals surface area (Å²) in [7, 11) is 0.500. The van der Waals surface area contributed by atoms with E-state index in [1.807, 2.05) is 36.4 Å². The van der Waals surface area contributed by atoms with Crippen molar-refractivity contribution in [2.75, 3.05) is 12.5 Å². The number of hydrogen-bond donors (Lipinski definition) is 1. The van der Waals surface area contributed by atoms with Gasteiger partial charge in [-0.05, 0) is 16.5 Å². The first-order chi connectivity index (χ1) is 12.6. The summed E-state index contributed by atoms with van der Waals surface area (Å²) in [5.74, 6) is -0.503. The third-order valence-corrected chi connectivity index (χ3v) is 4.60. The molecule has 26 heavy (non-hydrogen) atoms. The lowest BCUT2D eigenvalue weighted by atomic mass is 9.81. The van der Waals surface area contributed by atoms with Crippen LogP contribution in [0.4, 0.5) is 18.9 Å². The fourth-order valence-corrected chi connectivity index (χ4v) is 3.51. The van der Waals surface area contributed by atoms with E-state index in [4.69, 9.17) is 0 Å². The monoisotopic (exact) mass is 357 g/mol. The number of anilines is 1. The summed E-state index contributed by atoms with van der Waals surface area (Å²) < 4.78 is 36.3. The first-order valence-electron chi connectivity index (χ1n) is 8.21. The minimum Gasteiger partial charge on any atom is -0.325 e. The van der Waals surface area contributed by atoms with Crippen molar-refractivity contribution in [3.05, 3.63) is 77.4 Å². The molecule has 1 heterocycles. The number of carbonyl (C=O) groups excluding carboxylic acids is 1. The van der Waals surface area contributed by atoms with E-state index in [1.54, 1.807) is 18.2 Å². The van der Waals surface area contributed by atoms with Gasteiger partial charge in [0.05, 0.1) is 12.9 Å². The molecule has 0 spiro atoms. The maximum absolute atomic E-state index is 13.4. The number of alkyl halides is 3. The molecule has 5 heteroatoms. The molecule has 1 N–H and O–H groups in total. The summed E-state index contributed by atoms with van der Waals surface area (Å²) in [6, 6.07) is 18.1. The minimum atomic E-state index is -2.56. The standard InChI is InChI=1S/C20H15F2NO.CH3F/c21-20(22)16-8-4-3-7-14(16)17-11-18(24)23-19-13-6-2-1-5-12(13)9-10-15(17)19;1-2/h1-10,17,20H,11H2,(H,23,24);1H3. The van der Waals surface area contributed by atoms with Gasteiger partial charge in [0.2, 0.25) is 5.91 Å². The molecule has 0 saturated carbocycles. The van der Waals surface area contributed by atoms with E-state index < -0.39 is 6.43 Å². The van der Waals surface area contributed by atoms with Gasteiger partial charge in [-0.3, -0.25) is 9.18 Å². The highest BCUT2D eigenvalue weighted by molar-refractivity contribution is 6.06. The van der Waals surface area contributed by atoms with E-state index in [2.05, 4.69) is 5.32 Å². The van der Waals surface area contributed by atoms with Crippen LogP contribution in [0.1, 0.15) is 35.5 Å². The Kier molecular flexibility index (Phi) is 5.26. The van der Waals surface area contributed by atoms with Gasteiger partial charge in [-0.15, -0.1) is 0 Å². The molecular formula is C21H18F3NO. The topological polar surface area (TPSA) is 29.1 Å². The van der Waals surface area contributed by atoms with Crippen LogP contribution < -0.4 is 5.32 Å². The molecule has 0 bridgehead atoms. The molecule has 3 aromatic carbocycles. The Labute approximate surface area is 149 Å². The quantitative estimate of drug-likeness (QED) is 0.613. The second-order valence-electron chi connectivity index (χ2n) is 5.99. The second-order valence-corrected chi connectivity index (χ2v) is 5.99. The average Bonchev–Trinajstić information content (AvgIpc) is 2.68. The number of rotatable bonds is 2. The van der Waals surface area contributed by atoms with Crippen LogP contribution >= 0.6 is 0 Å². The Morgan fingerprint density at radius 1 is 0.923 bits per heavy atom. The summed E-state index contributed by atoms with van der Waals surface area (Å²) in [6.45, 7) is 0. The number of nitrogens with one attached hydrogen (secondary N) is 1. The maximum Gasteiger partial charge on any atom is 0.264 e. The highest BCUT2D eigenvalue weighted by Crippen LogP contribution is 2.43. The second kappa shape index (κ2) is 7.60. The lowest BCUT2D eigenvalue weighted by Gasteiger charge is -2.28. The van der Waals surface area contributed by atoms with Gasteiger partial charge in [-0.1, -0.05) is 60.7 Å². The third kappa shape index (κ3) is 3.17. The van der Waals surface area contributed by atoms with Gasteiger partial charge >= 0.3 is 0 Å². The van der Waals surface area contributed by atoms with Crippen LogP contribution in [-0.4, -0.2) is 13.1 Å². The number of fused-ring (bicyclic) bond motifs is 3. The van der Waals surface area contributed by atoms with Crippen molar-refractivity contribution < 1.29 is 18.0 Å². The molecule has 1 amide bonds. The Morgan fingerprint density at radius 3 is 2.38 bits per heavy atom. The molecule has 0 saturated heterocycles. The molecule has 134 valence electrons. The molecular weight excluding hydrogens is 339 g/mol. The molecule has 0 aromatic heterocycles. The largest absolute Gasteiger partial charge is 0.325 e. The predicted octanol–water partition coefficient (Wildman–Crippen LogP) is 5.84. The van der Waals surface area contributed by atoms with E-state index in [-0.39, 0.29) is 23.8 Å². The van der Waals surface area contributed by atoms with E-state index >= 15 is 0 Å². The van der Waals surface area contributed by atoms with Crippen molar-refractivity contribution in [2.24, 2.45) is 0 Å². The Morgan fingerprint density at radius 2 is 1.62 bits per heavy atom. The molecule has 1 aliphatic heterocycles. The van der Waals surface area contributed by atoms with Crippen molar-refractivity contribution in [1.29, 1.82) is 0 Å². The maximum atomic E-state index is 13.4. The van der Waals surface area contributed by atoms with Crippen LogP contribution in [0, 0.1) is 0 Å². The molecule has 4 rings (SSSR count). The lowest BCUT2D eigenvalue weighted by molar-refractivity contribution is -0.116. The van der Waals surface area contributed by atoms with Crippen LogP contribution in [0.3, 0.4) is 0 Å². The molecule has 0 fully saturated rings. The normalized spacial score (nSPS) is 15.9. The fraction of sp³-hybridized carbons (Fsp3) is 0.190. The number of halogens is 3. The van der Waals surface area contributed by atoms with Gasteiger partial charge in [0.15, 0.2) is 0 Å². The van der Waals surface area contributed by atoms with E-state index in [0.717, 1.165) is 22.0 Å². The highest BCUT2D eigenvalue weighted by Gasteiger charge is 2.30. The molecule has 1 unspecified atom stereocenters. The van der Waals surface area contributed by atoms with Gasteiger partial charge < -0.3 is 5.32 Å². The predicted molar refractivity (Wildman–Crippen MR) is 97.5 cm³/mol. The zero-order valence-electron chi connectivity index (χ0n) is 14.2. The zero-order valence-corrected chi connectivity index (χ0v) is 14.2. The number of benzene rings is 3. The lowest BCUT2D eigenvalue weighted by Crippen LogP contribution is -2.24. The number of carbonyl (C=O) groups is 1. The molecule has 0 radical (unpaired) electrons. The van der Waals surface area contributed by atoms with Gasteiger partial charge in [0.25, 0.3) is 6.43 Å². The van der Waals surface area contributed by atoms with Crippen molar-refractivity contribution in [3.8, 4) is 0 Å². The SMILES string of the molecule is CF.O=C1CC(c2ccccc2C(F)F)c2ccc3ccccc3c2N1. The van der Waals surface area contributed by atoms with Gasteiger partial charge in [-0.2, -0.15) is 0 Å². The van der Waals surface area contributed by atoms with Crippen LogP contribution in [0.2, 0.25) is 0 Å².